The number of aromatic nitrogens is 3. The fourth-order valence-corrected chi connectivity index (χ4v) is 3.27. The maximum Gasteiger partial charge on any atom is 0.433 e. The third-order valence-corrected chi connectivity index (χ3v) is 5.01. The van der Waals surface area contributed by atoms with Crippen molar-refractivity contribution in [3.8, 4) is 5.75 Å². The molecule has 0 saturated heterocycles. The summed E-state index contributed by atoms with van der Waals surface area (Å²) in [6, 6.07) is 4.35. The Morgan fingerprint density at radius 1 is 1.00 bits per heavy atom. The third kappa shape index (κ3) is 5.85. The summed E-state index contributed by atoms with van der Waals surface area (Å²) in [5.74, 6) is -0.0424. The van der Waals surface area contributed by atoms with Crippen molar-refractivity contribution < 1.29 is 35.8 Å². The Bertz CT molecular complexity index is 1180. The van der Waals surface area contributed by atoms with Gasteiger partial charge in [-0.1, -0.05) is 0 Å². The number of pyridine rings is 1. The van der Waals surface area contributed by atoms with E-state index in [0.717, 1.165) is 31.2 Å². The molecule has 1 N–H and O–H groups in total. The Morgan fingerprint density at radius 3 is 2.44 bits per heavy atom. The smallest absolute Gasteiger partial charge is 0.433 e. The Labute approximate surface area is 190 Å². The van der Waals surface area contributed by atoms with Gasteiger partial charge < -0.3 is 14.8 Å². The number of ether oxygens (including phenoxy) is 2. The summed E-state index contributed by atoms with van der Waals surface area (Å²) in [6.07, 6.45) is -6.25. The van der Waals surface area contributed by atoms with Crippen LogP contribution in [0, 0.1) is 6.92 Å². The van der Waals surface area contributed by atoms with Crippen molar-refractivity contribution in [1.82, 2.24) is 15.0 Å². The van der Waals surface area contributed by atoms with Gasteiger partial charge in [-0.2, -0.15) is 26.3 Å². The predicted octanol–water partition coefficient (Wildman–Crippen LogP) is 5.54. The van der Waals surface area contributed by atoms with Gasteiger partial charge in [0.15, 0.2) is 0 Å². The van der Waals surface area contributed by atoms with Crippen LogP contribution in [0.15, 0.2) is 30.5 Å². The van der Waals surface area contributed by atoms with Crippen molar-refractivity contribution in [2.75, 3.05) is 18.5 Å². The number of benzene rings is 1. The zero-order chi connectivity index (χ0) is 24.5. The Balaban J connectivity index is 1.62. The lowest BCUT2D eigenvalue weighted by Gasteiger charge is -2.17. The van der Waals surface area contributed by atoms with Crippen LogP contribution in [0.1, 0.15) is 35.5 Å². The van der Waals surface area contributed by atoms with Crippen LogP contribution in [0.2, 0.25) is 0 Å². The molecule has 1 saturated carbocycles. The van der Waals surface area contributed by atoms with Crippen LogP contribution in [0.4, 0.5) is 32.2 Å². The fourth-order valence-electron chi connectivity index (χ4n) is 3.27. The second-order valence-corrected chi connectivity index (χ2v) is 7.80. The Kier molecular flexibility index (Phi) is 6.52. The monoisotopic (exact) mass is 486 g/mol. The highest BCUT2D eigenvalue weighted by molar-refractivity contribution is 5.91. The van der Waals surface area contributed by atoms with Gasteiger partial charge in [0.05, 0.1) is 23.8 Å². The maximum absolute atomic E-state index is 13.7. The van der Waals surface area contributed by atoms with Gasteiger partial charge in [-0.25, -0.2) is 9.97 Å². The van der Waals surface area contributed by atoms with Crippen molar-refractivity contribution in [2.45, 2.75) is 44.8 Å². The van der Waals surface area contributed by atoms with Crippen LogP contribution in [0.5, 0.6) is 5.75 Å². The number of nitrogens with one attached hydrogen (secondary N) is 1. The number of aryl methyl sites for hydroxylation is 1. The SMILES string of the molecule is Cc1nc(NCc2ccnc(C(F)(F)F)c2)c2cc(OCCOC3CC3)c(C(F)(F)F)cc2n1. The average molecular weight is 486 g/mol. The maximum atomic E-state index is 13.7. The molecule has 34 heavy (non-hydrogen) atoms. The molecule has 0 amide bonds. The molecule has 6 nitrogen and oxygen atoms in total. The molecule has 1 fully saturated rings. The van der Waals surface area contributed by atoms with E-state index in [2.05, 4.69) is 20.3 Å². The van der Waals surface area contributed by atoms with E-state index < -0.39 is 29.4 Å². The van der Waals surface area contributed by atoms with Crippen LogP contribution in [-0.4, -0.2) is 34.3 Å². The summed E-state index contributed by atoms with van der Waals surface area (Å²) in [5, 5.41) is 3.13. The molecule has 182 valence electrons. The van der Waals surface area contributed by atoms with Crippen molar-refractivity contribution in [3.05, 3.63) is 53.1 Å². The first-order chi connectivity index (χ1) is 16.0. The molecule has 2 aromatic heterocycles. The number of hydrogen-bond acceptors (Lipinski definition) is 6. The van der Waals surface area contributed by atoms with Gasteiger partial charge in [0.2, 0.25) is 0 Å². The number of alkyl halides is 6. The average Bonchev–Trinajstić information content (AvgIpc) is 3.58. The molecule has 0 spiro atoms. The van der Waals surface area contributed by atoms with Crippen LogP contribution in [0.3, 0.4) is 0 Å². The molecule has 1 aliphatic carbocycles. The normalized spacial score (nSPS) is 14.4. The van der Waals surface area contributed by atoms with Crippen molar-refractivity contribution >= 4 is 16.7 Å². The molecule has 0 radical (unpaired) electrons. The van der Waals surface area contributed by atoms with Gasteiger partial charge in [-0.15, -0.1) is 0 Å². The number of fused-ring (bicyclic) bond motifs is 1. The Morgan fingerprint density at radius 2 is 1.76 bits per heavy atom. The van der Waals surface area contributed by atoms with Crippen LogP contribution in [0.25, 0.3) is 10.9 Å². The van der Waals surface area contributed by atoms with E-state index in [-0.39, 0.29) is 54.0 Å². The summed E-state index contributed by atoms with van der Waals surface area (Å²) >= 11 is 0. The first kappa shape index (κ1) is 24.0. The number of rotatable bonds is 8. The summed E-state index contributed by atoms with van der Waals surface area (Å²) in [4.78, 5) is 11.6. The lowest BCUT2D eigenvalue weighted by atomic mass is 10.1. The molecule has 0 bridgehead atoms. The standard InChI is InChI=1S/C22H20F6N4O2/c1-12-31-17-10-16(21(23,24)25)18(34-7-6-33-14-2-3-14)9-15(17)20(32-12)30-11-13-4-5-29-19(8-13)22(26,27)28/h4-5,8-10,14H,2-3,6-7,11H2,1H3,(H,30,31,32). The molecule has 12 heteroatoms. The van der Waals surface area contributed by atoms with E-state index in [4.69, 9.17) is 9.47 Å². The molecule has 3 aromatic rings. The second kappa shape index (κ2) is 9.24. The number of halogens is 6. The van der Waals surface area contributed by atoms with E-state index in [1.54, 1.807) is 0 Å². The summed E-state index contributed by atoms with van der Waals surface area (Å²) in [5.41, 5.74) is -1.74. The largest absolute Gasteiger partial charge is 0.491 e. The molecule has 1 aromatic carbocycles. The second-order valence-electron chi connectivity index (χ2n) is 7.80. The van der Waals surface area contributed by atoms with Gasteiger partial charge in [0, 0.05) is 18.1 Å². The molecule has 1 aliphatic rings. The molecular formula is C22H20F6N4O2. The summed E-state index contributed by atoms with van der Waals surface area (Å²) in [6.45, 7) is 1.52. The van der Waals surface area contributed by atoms with Gasteiger partial charge >= 0.3 is 12.4 Å². The van der Waals surface area contributed by atoms with E-state index in [0.29, 0.717) is 0 Å². The molecule has 0 unspecified atom stereocenters. The van der Waals surface area contributed by atoms with Crippen LogP contribution in [-0.2, 0) is 23.6 Å². The molecular weight excluding hydrogens is 466 g/mol. The van der Waals surface area contributed by atoms with Crippen molar-refractivity contribution in [3.63, 3.8) is 0 Å². The van der Waals surface area contributed by atoms with Gasteiger partial charge in [-0.05, 0) is 49.6 Å². The molecule has 4 rings (SSSR count). The van der Waals surface area contributed by atoms with Gasteiger partial charge in [0.25, 0.3) is 0 Å². The highest BCUT2D eigenvalue weighted by atomic mass is 19.4. The minimum absolute atomic E-state index is 0.0228. The number of hydrogen-bond donors (Lipinski definition) is 1. The first-order valence-corrected chi connectivity index (χ1v) is 10.4. The fraction of sp³-hybridized carbons (Fsp3) is 0.409. The highest BCUT2D eigenvalue weighted by Crippen LogP contribution is 2.40. The quantitative estimate of drug-likeness (QED) is 0.333. The number of nitrogens with zero attached hydrogens (tertiary/aromatic N) is 3. The lowest BCUT2D eigenvalue weighted by Crippen LogP contribution is -2.13. The van der Waals surface area contributed by atoms with E-state index in [1.807, 2.05) is 0 Å². The van der Waals surface area contributed by atoms with E-state index in [9.17, 15) is 26.3 Å². The minimum atomic E-state index is -4.68. The zero-order valence-corrected chi connectivity index (χ0v) is 17.9. The lowest BCUT2D eigenvalue weighted by molar-refractivity contribution is -0.141. The molecule has 0 atom stereocenters. The first-order valence-electron chi connectivity index (χ1n) is 10.4. The third-order valence-electron chi connectivity index (χ3n) is 5.01. The van der Waals surface area contributed by atoms with Crippen LogP contribution >= 0.6 is 0 Å². The predicted molar refractivity (Wildman–Crippen MR) is 110 cm³/mol. The minimum Gasteiger partial charge on any atom is -0.491 e. The van der Waals surface area contributed by atoms with Crippen molar-refractivity contribution in [2.24, 2.45) is 0 Å². The zero-order valence-electron chi connectivity index (χ0n) is 17.9. The van der Waals surface area contributed by atoms with Gasteiger partial charge in [-0.3, -0.25) is 4.98 Å². The molecule has 2 heterocycles. The van der Waals surface area contributed by atoms with Crippen molar-refractivity contribution in [1.29, 1.82) is 0 Å². The summed E-state index contributed by atoms with van der Waals surface area (Å²) < 4.78 is 90.6. The van der Waals surface area contributed by atoms with Crippen LogP contribution < -0.4 is 10.1 Å². The van der Waals surface area contributed by atoms with Gasteiger partial charge in [0.1, 0.15) is 29.7 Å². The highest BCUT2D eigenvalue weighted by Gasteiger charge is 2.36. The van der Waals surface area contributed by atoms with E-state index in [1.165, 1.54) is 19.1 Å². The molecule has 0 aliphatic heterocycles. The number of anilines is 1. The van der Waals surface area contributed by atoms with E-state index >= 15 is 0 Å². The topological polar surface area (TPSA) is 69.2 Å². The Hall–Kier alpha value is -3.15. The summed E-state index contributed by atoms with van der Waals surface area (Å²) in [7, 11) is 0.